The molecule has 0 aromatic carbocycles. The van der Waals surface area contributed by atoms with E-state index >= 15 is 0 Å². The van der Waals surface area contributed by atoms with E-state index in [0.717, 1.165) is 18.5 Å². The largest absolute Gasteiger partial charge is 0.384 e. The Balaban J connectivity index is 1.68. The summed E-state index contributed by atoms with van der Waals surface area (Å²) in [5, 5.41) is -0.302. The van der Waals surface area contributed by atoms with Gasteiger partial charge >= 0.3 is 0 Å². The first kappa shape index (κ1) is 25.2. The Morgan fingerprint density at radius 2 is 1.94 bits per heavy atom. The van der Waals surface area contributed by atoms with Gasteiger partial charge < -0.3 is 10.6 Å². The number of anilines is 2. The van der Waals surface area contributed by atoms with Crippen LogP contribution in [0.15, 0.2) is 41.6 Å². The van der Waals surface area contributed by atoms with Gasteiger partial charge in [-0.15, -0.1) is 0 Å². The number of carbonyl (C=O) groups excluding carboxylic acids is 1. The fraction of sp³-hybridized carbons (Fsp3) is 0.500. The molecule has 1 aliphatic heterocycles. The maximum Gasteiger partial charge on any atom is 0.281 e. The fourth-order valence-electron chi connectivity index (χ4n) is 4.94. The summed E-state index contributed by atoms with van der Waals surface area (Å²) < 4.78 is 28.0. The third-order valence-corrected chi connectivity index (χ3v) is 8.77. The molecule has 2 aromatic rings. The first-order valence-electron chi connectivity index (χ1n) is 12.3. The topological polar surface area (TPSA) is 118 Å². The highest BCUT2D eigenvalue weighted by atomic mass is 32.2. The first-order chi connectivity index (χ1) is 16.6. The molecule has 0 bridgehead atoms. The van der Waals surface area contributed by atoms with Crippen LogP contribution in [0.5, 0.6) is 0 Å². The van der Waals surface area contributed by atoms with Crippen molar-refractivity contribution in [1.29, 1.82) is 0 Å². The lowest BCUT2D eigenvalue weighted by Crippen LogP contribution is -2.43. The third-order valence-electron chi connectivity index (χ3n) is 7.53. The molecule has 188 valence electrons. The van der Waals surface area contributed by atoms with Crippen molar-refractivity contribution in [2.75, 3.05) is 17.2 Å². The Morgan fingerprint density at radius 1 is 1.20 bits per heavy atom. The summed E-state index contributed by atoms with van der Waals surface area (Å²) in [6.07, 6.45) is 13.0. The average molecular weight is 498 g/mol. The van der Waals surface area contributed by atoms with Crippen LogP contribution in [0.25, 0.3) is 6.08 Å². The molecule has 2 fully saturated rings. The fourth-order valence-corrected chi connectivity index (χ4v) is 5.88. The number of hydrogen-bond acceptors (Lipinski definition) is 7. The lowest BCUT2D eigenvalue weighted by Gasteiger charge is -2.36. The molecule has 4 rings (SSSR count). The lowest BCUT2D eigenvalue weighted by atomic mass is 9.89. The van der Waals surface area contributed by atoms with Crippen LogP contribution in [0.2, 0.25) is 0 Å². The van der Waals surface area contributed by atoms with E-state index in [-0.39, 0.29) is 21.9 Å². The van der Waals surface area contributed by atoms with Gasteiger partial charge in [0.2, 0.25) is 0 Å². The van der Waals surface area contributed by atoms with Crippen molar-refractivity contribution in [3.8, 4) is 0 Å². The number of nitrogen functional groups attached to an aromatic ring is 1. The molecule has 1 saturated heterocycles. The van der Waals surface area contributed by atoms with E-state index in [0.29, 0.717) is 17.7 Å². The number of sulfonamides is 1. The van der Waals surface area contributed by atoms with Crippen molar-refractivity contribution in [3.05, 3.63) is 47.7 Å². The maximum atomic E-state index is 13.4. The van der Waals surface area contributed by atoms with Crippen LogP contribution in [-0.2, 0) is 10.0 Å². The lowest BCUT2D eigenvalue weighted by molar-refractivity contribution is 0.0981. The quantitative estimate of drug-likeness (QED) is 0.607. The number of pyridine rings is 2. The molecule has 3 N–H and O–H groups in total. The van der Waals surface area contributed by atoms with Crippen LogP contribution < -0.4 is 15.4 Å². The molecular formula is C26H35N5O3S. The van der Waals surface area contributed by atoms with Gasteiger partial charge in [0, 0.05) is 18.3 Å². The maximum absolute atomic E-state index is 13.4. The molecule has 0 spiro atoms. The van der Waals surface area contributed by atoms with Crippen molar-refractivity contribution in [2.24, 2.45) is 11.8 Å². The summed E-state index contributed by atoms with van der Waals surface area (Å²) in [6.45, 7) is 7.16. The average Bonchev–Trinajstić information content (AvgIpc) is 3.10. The Hall–Kier alpha value is -2.94. The molecule has 3 heterocycles. The monoisotopic (exact) mass is 497 g/mol. The Bertz CT molecular complexity index is 1220. The van der Waals surface area contributed by atoms with E-state index in [2.05, 4.69) is 46.4 Å². The molecule has 9 heteroatoms. The van der Waals surface area contributed by atoms with Crippen molar-refractivity contribution in [2.45, 2.75) is 69.9 Å². The van der Waals surface area contributed by atoms with Gasteiger partial charge in [0.25, 0.3) is 15.9 Å². The Morgan fingerprint density at radius 3 is 2.60 bits per heavy atom. The molecule has 2 aromatic heterocycles. The summed E-state index contributed by atoms with van der Waals surface area (Å²) >= 11 is 0. The molecule has 35 heavy (non-hydrogen) atoms. The van der Waals surface area contributed by atoms with Crippen LogP contribution in [0.4, 0.5) is 11.6 Å². The predicted octanol–water partition coefficient (Wildman–Crippen LogP) is 4.40. The van der Waals surface area contributed by atoms with Gasteiger partial charge in [0.1, 0.15) is 11.6 Å². The second-order valence-electron chi connectivity index (χ2n) is 10.2. The minimum absolute atomic E-state index is 0.0605. The highest BCUT2D eigenvalue weighted by molar-refractivity contribution is 7.90. The third kappa shape index (κ3) is 5.50. The van der Waals surface area contributed by atoms with E-state index in [1.54, 1.807) is 12.3 Å². The zero-order valence-electron chi connectivity index (χ0n) is 20.7. The molecule has 1 aliphatic carbocycles. The Labute approximate surface area is 208 Å². The summed E-state index contributed by atoms with van der Waals surface area (Å²) in [7, 11) is -4.21. The molecule has 1 atom stereocenters. The number of amides is 1. The predicted molar refractivity (Wildman–Crippen MR) is 138 cm³/mol. The van der Waals surface area contributed by atoms with Crippen molar-refractivity contribution >= 4 is 33.6 Å². The summed E-state index contributed by atoms with van der Waals surface area (Å²) in [6, 6.07) is 6.01. The van der Waals surface area contributed by atoms with E-state index < -0.39 is 15.9 Å². The summed E-state index contributed by atoms with van der Waals surface area (Å²) in [5.74, 6) is 0.730. The first-order valence-corrected chi connectivity index (χ1v) is 13.8. The van der Waals surface area contributed by atoms with E-state index in [4.69, 9.17) is 5.73 Å². The number of rotatable bonds is 6. The second kappa shape index (κ2) is 9.97. The number of allylic oxidation sites excluding steroid dienone is 1. The number of nitrogens with two attached hydrogens (primary N) is 1. The number of hydrogen-bond donors (Lipinski definition) is 2. The van der Waals surface area contributed by atoms with Gasteiger partial charge in [-0.1, -0.05) is 44.4 Å². The number of nitrogens with zero attached hydrogens (tertiary/aromatic N) is 3. The molecule has 1 unspecified atom stereocenters. The van der Waals surface area contributed by atoms with Crippen LogP contribution in [0.3, 0.4) is 0 Å². The number of aromatic nitrogens is 2. The number of nitrogens with one attached hydrogen (secondary N) is 1. The van der Waals surface area contributed by atoms with Crippen LogP contribution in [0.1, 0.15) is 75.2 Å². The van der Waals surface area contributed by atoms with Gasteiger partial charge in [0.05, 0.1) is 5.56 Å². The van der Waals surface area contributed by atoms with E-state index in [1.807, 2.05) is 6.08 Å². The Kier molecular flexibility index (Phi) is 7.17. The van der Waals surface area contributed by atoms with Crippen LogP contribution in [-0.4, -0.2) is 36.4 Å². The van der Waals surface area contributed by atoms with E-state index in [9.17, 15) is 13.2 Å². The van der Waals surface area contributed by atoms with Gasteiger partial charge in [-0.25, -0.2) is 14.7 Å². The van der Waals surface area contributed by atoms with Gasteiger partial charge in [-0.3, -0.25) is 4.79 Å². The van der Waals surface area contributed by atoms with Gasteiger partial charge in [-0.2, -0.15) is 8.42 Å². The SMILES string of the molecule is CC1CCN(c2ncc(/C=C/C3CCCCC3)cc2C(=O)NS(=O)(=O)c2cccc(N)n2)C1(C)C. The zero-order chi connectivity index (χ0) is 25.2. The molecule has 8 nitrogen and oxygen atoms in total. The second-order valence-corrected chi connectivity index (χ2v) is 11.9. The van der Waals surface area contributed by atoms with Crippen molar-refractivity contribution < 1.29 is 13.2 Å². The van der Waals surface area contributed by atoms with Crippen molar-refractivity contribution in [1.82, 2.24) is 14.7 Å². The molecule has 2 aliphatic rings. The highest BCUT2D eigenvalue weighted by Crippen LogP contribution is 2.38. The smallest absolute Gasteiger partial charge is 0.281 e. The molecule has 1 saturated carbocycles. The van der Waals surface area contributed by atoms with Crippen LogP contribution in [0, 0.1) is 11.8 Å². The summed E-state index contributed by atoms with van der Waals surface area (Å²) in [5.41, 5.74) is 6.42. The van der Waals surface area contributed by atoms with Gasteiger partial charge in [-0.05, 0) is 68.7 Å². The standard InChI is InChI=1S/C26H35N5O3S/c1-18-14-15-31(26(18,2)3)24-21(16-20(17-28-24)13-12-19-8-5-4-6-9-19)25(32)30-35(33,34)23-11-7-10-22(27)29-23/h7,10-13,16-19H,4-6,8-9,14-15H2,1-3H3,(H2,27,29)(H,30,32)/b13-12+. The zero-order valence-corrected chi connectivity index (χ0v) is 21.5. The normalized spacial score (nSPS) is 20.9. The summed E-state index contributed by atoms with van der Waals surface area (Å²) in [4.78, 5) is 24.0. The number of carbonyl (C=O) groups is 1. The molecule has 1 amide bonds. The van der Waals surface area contributed by atoms with Crippen LogP contribution >= 0.6 is 0 Å². The van der Waals surface area contributed by atoms with E-state index in [1.165, 1.54) is 50.3 Å². The van der Waals surface area contributed by atoms with Crippen molar-refractivity contribution in [3.63, 3.8) is 0 Å². The highest BCUT2D eigenvalue weighted by Gasteiger charge is 2.41. The molecule has 0 radical (unpaired) electrons. The minimum atomic E-state index is -4.21. The minimum Gasteiger partial charge on any atom is -0.384 e. The molecular weight excluding hydrogens is 462 g/mol. The van der Waals surface area contributed by atoms with Gasteiger partial charge in [0.15, 0.2) is 5.03 Å².